The summed E-state index contributed by atoms with van der Waals surface area (Å²) in [6, 6.07) is 11.5. The number of benzene rings is 2. The molecular weight excluding hydrogens is 907 g/mol. The zero-order valence-electron chi connectivity index (χ0n) is 40.2. The number of ether oxygens (including phenoxy) is 2. The fourth-order valence-electron chi connectivity index (χ4n) is 7.08. The predicted octanol–water partition coefficient (Wildman–Crippen LogP) is 5.31. The first-order valence-corrected chi connectivity index (χ1v) is 27.9. The minimum Gasteiger partial charge on any atom is -0.460 e. The number of halogens is 2. The van der Waals surface area contributed by atoms with E-state index in [-0.39, 0.29) is 57.6 Å². The van der Waals surface area contributed by atoms with Crippen molar-refractivity contribution < 1.29 is 55.8 Å². The lowest BCUT2D eigenvalue weighted by atomic mass is 9.82. The van der Waals surface area contributed by atoms with Gasteiger partial charge in [0.05, 0.1) is 30.2 Å². The molecule has 3 atom stereocenters. The molecule has 0 saturated carbocycles. The third-order valence-corrected chi connectivity index (χ3v) is 13.8. The molecule has 0 aliphatic heterocycles. The maximum absolute atomic E-state index is 15.2. The van der Waals surface area contributed by atoms with Crippen molar-refractivity contribution in [2.24, 2.45) is 11.1 Å². The summed E-state index contributed by atoms with van der Waals surface area (Å²) in [4.78, 5) is 66.7. The Kier molecular flexibility index (Phi) is 20.7. The summed E-state index contributed by atoms with van der Waals surface area (Å²) in [5.74, 6) is -4.99. The van der Waals surface area contributed by atoms with E-state index in [0.717, 1.165) is 23.8 Å². The fraction of sp³-hybridized carbons (Fsp3) is 0.553. The van der Waals surface area contributed by atoms with Gasteiger partial charge in [0, 0.05) is 63.7 Å². The molecule has 0 spiro atoms. The molecule has 0 aliphatic rings. The lowest BCUT2D eigenvalue weighted by Crippen LogP contribution is -2.51. The number of amides is 4. The van der Waals surface area contributed by atoms with Crippen molar-refractivity contribution in [1.29, 1.82) is 0 Å². The maximum atomic E-state index is 15.2. The van der Waals surface area contributed by atoms with E-state index in [0.29, 0.717) is 17.3 Å². The molecule has 67 heavy (non-hydrogen) atoms. The largest absolute Gasteiger partial charge is 0.460 e. The highest BCUT2D eigenvalue weighted by molar-refractivity contribution is 7.91. The van der Waals surface area contributed by atoms with E-state index in [2.05, 4.69) is 35.6 Å². The van der Waals surface area contributed by atoms with E-state index in [1.807, 2.05) is 55.7 Å². The summed E-state index contributed by atoms with van der Waals surface area (Å²) in [6.45, 7) is 15.6. The Morgan fingerprint density at radius 3 is 2.10 bits per heavy atom. The van der Waals surface area contributed by atoms with Gasteiger partial charge >= 0.3 is 12.1 Å². The van der Waals surface area contributed by atoms with Crippen LogP contribution in [0.25, 0.3) is 11.1 Å². The van der Waals surface area contributed by atoms with Crippen molar-refractivity contribution in [2.45, 2.75) is 117 Å². The highest BCUT2D eigenvalue weighted by Gasteiger charge is 2.38. The average Bonchev–Trinajstić information content (AvgIpc) is 3.61. The molecule has 372 valence electrons. The van der Waals surface area contributed by atoms with E-state index in [4.69, 9.17) is 15.2 Å². The fourth-order valence-corrected chi connectivity index (χ4v) is 8.83. The smallest absolute Gasteiger partial charge is 0.407 e. The third kappa shape index (κ3) is 19.5. The molecule has 0 saturated heterocycles. The third-order valence-electron chi connectivity index (χ3n) is 10.4. The Hall–Kier alpha value is -5.18. The zero-order chi connectivity index (χ0) is 50.3. The average molecular weight is 977 g/mol. The molecule has 0 unspecified atom stereocenters. The van der Waals surface area contributed by atoms with Crippen LogP contribution < -0.4 is 21.7 Å². The van der Waals surface area contributed by atoms with Crippen LogP contribution in [0, 0.1) is 17.0 Å². The van der Waals surface area contributed by atoms with E-state index >= 15 is 4.39 Å². The summed E-state index contributed by atoms with van der Waals surface area (Å²) in [7, 11) is -5.47. The summed E-state index contributed by atoms with van der Waals surface area (Å²) in [5.41, 5.74) is 6.13. The van der Waals surface area contributed by atoms with Gasteiger partial charge in [0.25, 0.3) is 0 Å². The lowest BCUT2D eigenvalue weighted by molar-refractivity contribution is -0.155. The van der Waals surface area contributed by atoms with Crippen molar-refractivity contribution in [1.82, 2.24) is 25.4 Å². The Morgan fingerprint density at radius 2 is 1.52 bits per heavy atom. The first-order chi connectivity index (χ1) is 31.1. The standard InChI is InChI=1S/C47H70F2N6O10SSi/c1-46(2,3)42(39-27-33(35-28-34(48)15-16-36(35)49)30-54(39)29-32-13-11-10-12-14-32)55(40(57)31-56)22-19-38(53-45(61)64-23-26-67(7,8)9)44(60)52-21-25-66(62,63)24-20-51-43(59)37(50)17-18-41(58)65-47(4,5)6/h10-16,27-28,30,37-38,42,56H,17-26,29,31,50H2,1-9H3,(H,51,59)(H,52,60)(H,53,61)/t37-,38+,42+/m1/s1. The van der Waals surface area contributed by atoms with Crippen LogP contribution in [-0.2, 0) is 45.0 Å². The number of hydrogen-bond acceptors (Lipinski definition) is 11. The maximum Gasteiger partial charge on any atom is 0.407 e. The van der Waals surface area contributed by atoms with Crippen molar-refractivity contribution >= 4 is 47.7 Å². The van der Waals surface area contributed by atoms with Gasteiger partial charge in [0.15, 0.2) is 9.84 Å². The molecule has 16 nitrogen and oxygen atoms in total. The number of sulfone groups is 1. The molecule has 1 aromatic heterocycles. The number of hydrogen-bond donors (Lipinski definition) is 5. The number of nitrogens with zero attached hydrogens (tertiary/aromatic N) is 2. The van der Waals surface area contributed by atoms with E-state index < -0.39 is 107 Å². The second-order valence-electron chi connectivity index (χ2n) is 19.8. The summed E-state index contributed by atoms with van der Waals surface area (Å²) in [6.07, 6.45) is 0.430. The molecule has 4 amide bonds. The number of aliphatic hydroxyl groups is 1. The van der Waals surface area contributed by atoms with Gasteiger partial charge in [-0.15, -0.1) is 0 Å². The molecule has 0 aliphatic carbocycles. The van der Waals surface area contributed by atoms with Crippen molar-refractivity contribution in [3.8, 4) is 11.1 Å². The number of carbonyl (C=O) groups is 5. The second kappa shape index (κ2) is 24.7. The quantitative estimate of drug-likeness (QED) is 0.0571. The predicted molar refractivity (Wildman–Crippen MR) is 255 cm³/mol. The zero-order valence-corrected chi connectivity index (χ0v) is 42.1. The molecule has 0 radical (unpaired) electrons. The number of carbonyl (C=O) groups excluding carboxylic acids is 5. The van der Waals surface area contributed by atoms with Crippen LogP contribution in [0.1, 0.15) is 78.1 Å². The molecule has 20 heteroatoms. The molecule has 0 bridgehead atoms. The molecular formula is C47H70F2N6O10SSi. The van der Waals surface area contributed by atoms with Gasteiger partial charge in [0.1, 0.15) is 29.9 Å². The van der Waals surface area contributed by atoms with Gasteiger partial charge in [-0.1, -0.05) is 70.7 Å². The monoisotopic (exact) mass is 976 g/mol. The SMILES string of the molecule is CC(C)(C)OC(=O)CC[C@@H](N)C(=O)NCCS(=O)(=O)CCNC(=O)[C@H](CCN(C(=O)CO)[C@@H](c1cc(-c2cc(F)ccc2F)cn1Cc1ccccc1)C(C)(C)C)NC(=O)OCC[Si](C)(C)C. The number of aromatic nitrogens is 1. The Balaban J connectivity index is 1.85. The van der Waals surface area contributed by atoms with Crippen LogP contribution in [-0.4, -0.2) is 123 Å². The van der Waals surface area contributed by atoms with Crippen molar-refractivity contribution in [2.75, 3.05) is 44.4 Å². The number of nitrogens with one attached hydrogen (secondary N) is 3. The van der Waals surface area contributed by atoms with Crippen LogP contribution in [0.5, 0.6) is 0 Å². The Labute approximate surface area is 394 Å². The Morgan fingerprint density at radius 1 is 0.896 bits per heavy atom. The summed E-state index contributed by atoms with van der Waals surface area (Å²) < 4.78 is 68.1. The normalized spacial score (nSPS) is 13.5. The second-order valence-corrected chi connectivity index (χ2v) is 27.7. The highest BCUT2D eigenvalue weighted by Crippen LogP contribution is 2.41. The Bertz CT molecular complexity index is 2260. The van der Waals surface area contributed by atoms with Crippen LogP contribution in [0.2, 0.25) is 25.7 Å². The summed E-state index contributed by atoms with van der Waals surface area (Å²) in [5, 5.41) is 17.9. The minimum absolute atomic E-state index is 0.00238. The van der Waals surface area contributed by atoms with E-state index in [1.165, 1.54) is 4.90 Å². The first kappa shape index (κ1) is 56.1. The van der Waals surface area contributed by atoms with Gasteiger partial charge in [0.2, 0.25) is 17.7 Å². The van der Waals surface area contributed by atoms with Gasteiger partial charge < -0.3 is 45.7 Å². The van der Waals surface area contributed by atoms with Crippen LogP contribution >= 0.6 is 0 Å². The number of rotatable bonds is 24. The molecule has 1 heterocycles. The molecule has 2 aromatic carbocycles. The number of nitrogens with two attached hydrogens (primary N) is 1. The molecule has 0 fully saturated rings. The minimum atomic E-state index is -3.85. The van der Waals surface area contributed by atoms with E-state index in [9.17, 15) is 41.9 Å². The number of esters is 1. The van der Waals surface area contributed by atoms with Crippen LogP contribution in [0.3, 0.4) is 0 Å². The molecule has 3 aromatic rings. The van der Waals surface area contributed by atoms with Gasteiger partial charge in [-0.2, -0.15) is 0 Å². The lowest BCUT2D eigenvalue weighted by Gasteiger charge is -2.41. The molecule has 6 N–H and O–H groups in total. The highest BCUT2D eigenvalue weighted by atomic mass is 32.2. The topological polar surface area (TPSA) is 228 Å². The van der Waals surface area contributed by atoms with Gasteiger partial charge in [-0.05, 0) is 74.9 Å². The summed E-state index contributed by atoms with van der Waals surface area (Å²) >= 11 is 0. The van der Waals surface area contributed by atoms with Crippen LogP contribution in [0.4, 0.5) is 13.6 Å². The molecule has 3 rings (SSSR count). The van der Waals surface area contributed by atoms with E-state index in [1.54, 1.807) is 33.0 Å². The van der Waals surface area contributed by atoms with Crippen LogP contribution in [0.15, 0.2) is 60.8 Å². The number of aliphatic hydroxyl groups excluding tert-OH is 1. The van der Waals surface area contributed by atoms with Gasteiger partial charge in [-0.3, -0.25) is 19.2 Å². The van der Waals surface area contributed by atoms with Crippen molar-refractivity contribution in [3.05, 3.63) is 83.7 Å². The number of alkyl carbamates (subject to hydrolysis) is 1. The first-order valence-electron chi connectivity index (χ1n) is 22.4. The van der Waals surface area contributed by atoms with Crippen molar-refractivity contribution in [3.63, 3.8) is 0 Å². The van der Waals surface area contributed by atoms with Gasteiger partial charge in [-0.25, -0.2) is 22.0 Å².